The van der Waals surface area contributed by atoms with E-state index in [4.69, 9.17) is 9.47 Å². The predicted octanol–water partition coefficient (Wildman–Crippen LogP) is 4.31. The summed E-state index contributed by atoms with van der Waals surface area (Å²) in [7, 11) is 3.55. The number of rotatable bonds is 8. The molecule has 2 aromatic carbocycles. The van der Waals surface area contributed by atoms with Crippen LogP contribution < -0.4 is 14.8 Å². The molecule has 1 atom stereocenters. The van der Waals surface area contributed by atoms with E-state index in [1.807, 2.05) is 43.0 Å². The van der Waals surface area contributed by atoms with Crippen molar-refractivity contribution in [3.63, 3.8) is 0 Å². The lowest BCUT2D eigenvalue weighted by Crippen LogP contribution is -2.18. The molecule has 0 aliphatic carbocycles. The van der Waals surface area contributed by atoms with E-state index in [0.29, 0.717) is 24.7 Å². The Labute approximate surface area is 165 Å². The van der Waals surface area contributed by atoms with E-state index in [2.05, 4.69) is 17.3 Å². The van der Waals surface area contributed by atoms with Crippen molar-refractivity contribution < 1.29 is 13.9 Å². The molecule has 1 aromatic heterocycles. The number of aryl methyl sites for hydroxylation is 2. The molecule has 0 saturated heterocycles. The van der Waals surface area contributed by atoms with Crippen LogP contribution in [-0.4, -0.2) is 16.9 Å². The topological polar surface area (TPSA) is 48.3 Å². The van der Waals surface area contributed by atoms with Crippen molar-refractivity contribution in [3.8, 4) is 11.5 Å². The zero-order chi connectivity index (χ0) is 20.1. The van der Waals surface area contributed by atoms with E-state index in [1.54, 1.807) is 19.2 Å². The normalized spacial score (nSPS) is 12.0. The Morgan fingerprint density at radius 3 is 2.46 bits per heavy atom. The Bertz CT molecular complexity index is 922. The average molecular weight is 383 g/mol. The number of ether oxygens (including phenoxy) is 2. The standard InChI is InChI=1S/C22H26FN3O2/c1-15(20-13-26(3)25-16(20)2)24-12-18-7-10-21(22(11-18)27-4)28-14-17-5-8-19(23)9-6-17/h5-11,13,15,24H,12,14H2,1-4H3. The summed E-state index contributed by atoms with van der Waals surface area (Å²) in [5.41, 5.74) is 4.22. The monoisotopic (exact) mass is 383 g/mol. The van der Waals surface area contributed by atoms with Crippen LogP contribution in [0.1, 0.15) is 35.3 Å². The molecule has 6 heteroatoms. The van der Waals surface area contributed by atoms with Crippen molar-refractivity contribution >= 4 is 0 Å². The van der Waals surface area contributed by atoms with Crippen molar-refractivity contribution in [3.05, 3.63) is 76.9 Å². The van der Waals surface area contributed by atoms with Crippen molar-refractivity contribution in [2.24, 2.45) is 7.05 Å². The second-order valence-corrected chi connectivity index (χ2v) is 6.85. The smallest absolute Gasteiger partial charge is 0.161 e. The molecule has 3 rings (SSSR count). The van der Waals surface area contributed by atoms with E-state index >= 15 is 0 Å². The van der Waals surface area contributed by atoms with Crippen molar-refractivity contribution in [1.82, 2.24) is 15.1 Å². The van der Waals surface area contributed by atoms with Crippen LogP contribution in [0.25, 0.3) is 0 Å². The van der Waals surface area contributed by atoms with Gasteiger partial charge in [0, 0.05) is 31.4 Å². The van der Waals surface area contributed by atoms with Crippen LogP contribution in [0.2, 0.25) is 0 Å². The summed E-state index contributed by atoms with van der Waals surface area (Å²) in [6.07, 6.45) is 2.04. The van der Waals surface area contributed by atoms with Crippen molar-refractivity contribution in [2.45, 2.75) is 33.0 Å². The highest BCUT2D eigenvalue weighted by Gasteiger charge is 2.12. The summed E-state index contributed by atoms with van der Waals surface area (Å²) in [6.45, 7) is 5.20. The first-order valence-corrected chi connectivity index (χ1v) is 9.24. The van der Waals surface area contributed by atoms with Crippen molar-refractivity contribution in [2.75, 3.05) is 7.11 Å². The second kappa shape index (κ2) is 8.89. The Morgan fingerprint density at radius 2 is 1.82 bits per heavy atom. The van der Waals surface area contributed by atoms with Gasteiger partial charge in [-0.1, -0.05) is 18.2 Å². The summed E-state index contributed by atoms with van der Waals surface area (Å²) in [5.74, 6) is 1.08. The number of aromatic nitrogens is 2. The van der Waals surface area contributed by atoms with Gasteiger partial charge in [0.1, 0.15) is 12.4 Å². The van der Waals surface area contributed by atoms with E-state index in [-0.39, 0.29) is 11.9 Å². The Morgan fingerprint density at radius 1 is 1.11 bits per heavy atom. The highest BCUT2D eigenvalue weighted by atomic mass is 19.1. The van der Waals surface area contributed by atoms with Gasteiger partial charge in [-0.2, -0.15) is 5.10 Å². The number of nitrogens with zero attached hydrogens (tertiary/aromatic N) is 2. The van der Waals surface area contributed by atoms with Gasteiger partial charge >= 0.3 is 0 Å². The molecule has 148 valence electrons. The van der Waals surface area contributed by atoms with Crippen LogP contribution >= 0.6 is 0 Å². The van der Waals surface area contributed by atoms with Gasteiger partial charge in [-0.15, -0.1) is 0 Å². The molecule has 5 nitrogen and oxygen atoms in total. The summed E-state index contributed by atoms with van der Waals surface area (Å²) in [4.78, 5) is 0. The van der Waals surface area contributed by atoms with Crippen LogP contribution in [0.15, 0.2) is 48.7 Å². The lowest BCUT2D eigenvalue weighted by Gasteiger charge is -2.15. The van der Waals surface area contributed by atoms with Gasteiger partial charge in [-0.3, -0.25) is 4.68 Å². The molecule has 0 radical (unpaired) electrons. The number of halogens is 1. The maximum Gasteiger partial charge on any atom is 0.161 e. The predicted molar refractivity (Wildman–Crippen MR) is 107 cm³/mol. The first-order valence-electron chi connectivity index (χ1n) is 9.24. The van der Waals surface area contributed by atoms with E-state index in [0.717, 1.165) is 16.8 Å². The second-order valence-electron chi connectivity index (χ2n) is 6.85. The van der Waals surface area contributed by atoms with Gasteiger partial charge < -0.3 is 14.8 Å². The molecule has 0 bridgehead atoms. The minimum atomic E-state index is -0.256. The molecule has 1 N–H and O–H groups in total. The number of methoxy groups -OCH3 is 1. The zero-order valence-electron chi connectivity index (χ0n) is 16.7. The minimum absolute atomic E-state index is 0.189. The molecule has 0 saturated carbocycles. The van der Waals surface area contributed by atoms with Gasteiger partial charge in [0.2, 0.25) is 0 Å². The van der Waals surface area contributed by atoms with Gasteiger partial charge in [-0.25, -0.2) is 4.39 Å². The van der Waals surface area contributed by atoms with Crippen LogP contribution in [0.4, 0.5) is 4.39 Å². The fourth-order valence-corrected chi connectivity index (χ4v) is 3.11. The highest BCUT2D eigenvalue weighted by molar-refractivity contribution is 5.43. The maximum atomic E-state index is 13.0. The van der Waals surface area contributed by atoms with E-state index in [9.17, 15) is 4.39 Å². The third-order valence-corrected chi connectivity index (χ3v) is 4.67. The Kier molecular flexibility index (Phi) is 6.31. The molecular weight excluding hydrogens is 357 g/mol. The number of nitrogens with one attached hydrogen (secondary N) is 1. The molecule has 28 heavy (non-hydrogen) atoms. The van der Waals surface area contributed by atoms with Gasteiger partial charge in [0.25, 0.3) is 0 Å². The Hall–Kier alpha value is -2.86. The third kappa shape index (κ3) is 4.89. The third-order valence-electron chi connectivity index (χ3n) is 4.67. The number of hydrogen-bond acceptors (Lipinski definition) is 4. The molecule has 0 aliphatic rings. The number of benzene rings is 2. The quantitative estimate of drug-likeness (QED) is 0.630. The summed E-state index contributed by atoms with van der Waals surface area (Å²) in [6, 6.07) is 12.3. The van der Waals surface area contributed by atoms with Crippen molar-refractivity contribution in [1.29, 1.82) is 0 Å². The lowest BCUT2D eigenvalue weighted by atomic mass is 10.1. The Balaban J connectivity index is 1.62. The van der Waals surface area contributed by atoms with Gasteiger partial charge in [0.05, 0.1) is 12.8 Å². The summed E-state index contributed by atoms with van der Waals surface area (Å²) in [5, 5.41) is 7.91. The van der Waals surface area contributed by atoms with Crippen LogP contribution in [-0.2, 0) is 20.2 Å². The zero-order valence-corrected chi connectivity index (χ0v) is 16.7. The summed E-state index contributed by atoms with van der Waals surface area (Å²) < 4.78 is 26.2. The fraction of sp³-hybridized carbons (Fsp3) is 0.318. The van der Waals surface area contributed by atoms with Crippen LogP contribution in [0.5, 0.6) is 11.5 Å². The molecule has 1 heterocycles. The highest BCUT2D eigenvalue weighted by Crippen LogP contribution is 2.29. The largest absolute Gasteiger partial charge is 0.493 e. The van der Waals surface area contributed by atoms with Gasteiger partial charge in [-0.05, 0) is 49.2 Å². The summed E-state index contributed by atoms with van der Waals surface area (Å²) >= 11 is 0. The van der Waals surface area contributed by atoms with Gasteiger partial charge in [0.15, 0.2) is 11.5 Å². The first kappa shape index (κ1) is 19.9. The number of hydrogen-bond donors (Lipinski definition) is 1. The molecule has 0 amide bonds. The molecule has 0 aliphatic heterocycles. The average Bonchev–Trinajstić information content (AvgIpc) is 3.04. The van der Waals surface area contributed by atoms with Crippen LogP contribution in [0.3, 0.4) is 0 Å². The lowest BCUT2D eigenvalue weighted by molar-refractivity contribution is 0.284. The SMILES string of the molecule is COc1cc(CNC(C)c2cn(C)nc2C)ccc1OCc1ccc(F)cc1. The molecule has 1 unspecified atom stereocenters. The molecule has 3 aromatic rings. The maximum absolute atomic E-state index is 13.0. The van der Waals surface area contributed by atoms with Crippen LogP contribution in [0, 0.1) is 12.7 Å². The fourth-order valence-electron chi connectivity index (χ4n) is 3.11. The van der Waals surface area contributed by atoms with E-state index in [1.165, 1.54) is 17.7 Å². The molecular formula is C22H26FN3O2. The first-order chi connectivity index (χ1) is 13.5. The molecule has 0 spiro atoms. The van der Waals surface area contributed by atoms with E-state index < -0.39 is 0 Å². The minimum Gasteiger partial charge on any atom is -0.493 e. The molecule has 0 fully saturated rings.